The molecule has 7 nitrogen and oxygen atoms in total. The normalized spacial score (nSPS) is 10.9. The van der Waals surface area contributed by atoms with E-state index in [1.807, 2.05) is 36.4 Å². The third-order valence-corrected chi connectivity index (χ3v) is 6.23. The van der Waals surface area contributed by atoms with Crippen molar-refractivity contribution in [3.05, 3.63) is 119 Å². The molecule has 0 bridgehead atoms. The van der Waals surface area contributed by atoms with E-state index in [2.05, 4.69) is 34.8 Å². The standard InChI is InChI=1S/C33H28N2O5/c1-4-8-25-17-22(18-27(20-34)32(36)35-28-15-13-24(14-16-28)33(37)39-3)19-30(38-2)31(25)40-21-26-11-7-10-23-9-5-6-12-29(23)26/h4-7,9-19H,1,8,21H2,2-3H3,(H,35,36)/b27-18+. The summed E-state index contributed by atoms with van der Waals surface area (Å²) in [6.07, 6.45) is 3.73. The number of nitrogens with one attached hydrogen (secondary N) is 1. The van der Waals surface area contributed by atoms with Crippen molar-refractivity contribution in [1.82, 2.24) is 0 Å². The lowest BCUT2D eigenvalue weighted by Crippen LogP contribution is -2.13. The van der Waals surface area contributed by atoms with Crippen molar-refractivity contribution in [2.45, 2.75) is 13.0 Å². The molecule has 0 radical (unpaired) electrons. The van der Waals surface area contributed by atoms with Crippen molar-refractivity contribution in [2.75, 3.05) is 19.5 Å². The molecule has 0 saturated heterocycles. The van der Waals surface area contributed by atoms with Gasteiger partial charge in [-0.1, -0.05) is 48.5 Å². The predicted molar refractivity (Wildman–Crippen MR) is 155 cm³/mol. The quantitative estimate of drug-likeness (QED) is 0.109. The van der Waals surface area contributed by atoms with E-state index < -0.39 is 11.9 Å². The molecule has 0 aliphatic rings. The van der Waals surface area contributed by atoms with Gasteiger partial charge in [0.05, 0.1) is 19.8 Å². The molecule has 0 heterocycles. The van der Waals surface area contributed by atoms with Gasteiger partial charge in [0.2, 0.25) is 0 Å². The van der Waals surface area contributed by atoms with Gasteiger partial charge >= 0.3 is 5.97 Å². The van der Waals surface area contributed by atoms with E-state index >= 15 is 0 Å². The number of amides is 1. The molecule has 0 atom stereocenters. The Morgan fingerprint density at radius 1 is 0.975 bits per heavy atom. The van der Waals surface area contributed by atoms with E-state index in [-0.39, 0.29) is 5.57 Å². The largest absolute Gasteiger partial charge is 0.493 e. The number of carbonyl (C=O) groups excluding carboxylic acids is 2. The second-order valence-electron chi connectivity index (χ2n) is 8.82. The first-order chi connectivity index (χ1) is 19.5. The minimum atomic E-state index is -0.589. The molecule has 4 aromatic carbocycles. The lowest BCUT2D eigenvalue weighted by Gasteiger charge is -2.17. The number of nitriles is 1. The number of fused-ring (bicyclic) bond motifs is 1. The van der Waals surface area contributed by atoms with Crippen LogP contribution < -0.4 is 14.8 Å². The molecule has 0 saturated carbocycles. The lowest BCUT2D eigenvalue weighted by atomic mass is 10.0. The van der Waals surface area contributed by atoms with Crippen molar-refractivity contribution in [3.63, 3.8) is 0 Å². The molecule has 0 unspecified atom stereocenters. The summed E-state index contributed by atoms with van der Waals surface area (Å²) < 4.78 is 16.6. The van der Waals surface area contributed by atoms with E-state index in [9.17, 15) is 14.9 Å². The Morgan fingerprint density at radius 3 is 2.42 bits per heavy atom. The fourth-order valence-corrected chi connectivity index (χ4v) is 4.28. The zero-order valence-corrected chi connectivity index (χ0v) is 22.3. The van der Waals surface area contributed by atoms with E-state index in [0.29, 0.717) is 41.3 Å². The van der Waals surface area contributed by atoms with Crippen LogP contribution in [0.3, 0.4) is 0 Å². The Labute approximate surface area is 232 Å². The average Bonchev–Trinajstić information content (AvgIpc) is 2.99. The van der Waals surface area contributed by atoms with E-state index in [4.69, 9.17) is 9.47 Å². The van der Waals surface area contributed by atoms with Crippen LogP contribution in [0.4, 0.5) is 5.69 Å². The lowest BCUT2D eigenvalue weighted by molar-refractivity contribution is -0.112. The van der Waals surface area contributed by atoms with Crippen molar-refractivity contribution >= 4 is 34.4 Å². The van der Waals surface area contributed by atoms with Crippen molar-refractivity contribution in [1.29, 1.82) is 5.26 Å². The van der Waals surface area contributed by atoms with Gasteiger partial charge in [0.15, 0.2) is 11.5 Å². The molecule has 7 heteroatoms. The molecule has 4 aromatic rings. The first kappa shape index (κ1) is 27.7. The van der Waals surface area contributed by atoms with Crippen LogP contribution in [0.25, 0.3) is 16.8 Å². The van der Waals surface area contributed by atoms with Gasteiger partial charge in [-0.2, -0.15) is 5.26 Å². The first-order valence-corrected chi connectivity index (χ1v) is 12.5. The van der Waals surface area contributed by atoms with Crippen molar-refractivity contribution < 1.29 is 23.8 Å². The number of allylic oxidation sites excluding steroid dienone is 1. The molecule has 0 aromatic heterocycles. The van der Waals surface area contributed by atoms with Crippen LogP contribution in [0.1, 0.15) is 27.0 Å². The van der Waals surface area contributed by atoms with Gasteiger partial charge in [0.25, 0.3) is 5.91 Å². The summed E-state index contributed by atoms with van der Waals surface area (Å²) in [7, 11) is 2.84. The maximum atomic E-state index is 12.9. The van der Waals surface area contributed by atoms with Crippen LogP contribution >= 0.6 is 0 Å². The Balaban J connectivity index is 1.59. The second kappa shape index (κ2) is 12.9. The fraction of sp³-hybridized carbons (Fsp3) is 0.121. The maximum Gasteiger partial charge on any atom is 0.337 e. The zero-order valence-electron chi connectivity index (χ0n) is 22.3. The number of carbonyl (C=O) groups is 2. The van der Waals surface area contributed by atoms with Crippen LogP contribution in [0.2, 0.25) is 0 Å². The molecule has 200 valence electrons. The maximum absolute atomic E-state index is 12.9. The van der Waals surface area contributed by atoms with Crippen LogP contribution in [-0.2, 0) is 22.6 Å². The van der Waals surface area contributed by atoms with Gasteiger partial charge in [-0.15, -0.1) is 6.58 Å². The smallest absolute Gasteiger partial charge is 0.337 e. The summed E-state index contributed by atoms with van der Waals surface area (Å²) in [5.41, 5.74) is 3.11. The fourth-order valence-electron chi connectivity index (χ4n) is 4.28. The monoisotopic (exact) mass is 532 g/mol. The molecular formula is C33H28N2O5. The molecule has 0 aliphatic heterocycles. The molecule has 0 aliphatic carbocycles. The minimum absolute atomic E-state index is 0.104. The Kier molecular flexibility index (Phi) is 8.95. The van der Waals surface area contributed by atoms with Gasteiger partial charge in [-0.25, -0.2) is 4.79 Å². The highest BCUT2D eigenvalue weighted by Crippen LogP contribution is 2.35. The molecular weight excluding hydrogens is 504 g/mol. The summed E-state index contributed by atoms with van der Waals surface area (Å²) in [4.78, 5) is 24.5. The Morgan fingerprint density at radius 2 is 1.73 bits per heavy atom. The number of ether oxygens (including phenoxy) is 3. The van der Waals surface area contributed by atoms with Crippen molar-refractivity contribution in [2.24, 2.45) is 0 Å². The molecule has 4 rings (SSSR count). The average molecular weight is 533 g/mol. The zero-order chi connectivity index (χ0) is 28.5. The molecule has 40 heavy (non-hydrogen) atoms. The Hall–Kier alpha value is -5.35. The topological polar surface area (TPSA) is 97.7 Å². The highest BCUT2D eigenvalue weighted by Gasteiger charge is 2.16. The molecule has 1 amide bonds. The predicted octanol–water partition coefficient (Wildman–Crippen LogP) is 6.49. The number of hydrogen-bond acceptors (Lipinski definition) is 6. The second-order valence-corrected chi connectivity index (χ2v) is 8.82. The summed E-state index contributed by atoms with van der Waals surface area (Å²) in [5, 5.41) is 14.6. The third kappa shape index (κ3) is 6.37. The SMILES string of the molecule is C=CCc1cc(/C=C(\C#N)C(=O)Nc2ccc(C(=O)OC)cc2)cc(OC)c1OCc1cccc2ccccc12. The Bertz CT molecular complexity index is 1630. The van der Waals surface area contributed by atoms with Crippen LogP contribution in [0.5, 0.6) is 11.5 Å². The summed E-state index contributed by atoms with van der Waals surface area (Å²) in [6.45, 7) is 4.19. The van der Waals surface area contributed by atoms with Gasteiger partial charge in [0, 0.05) is 11.3 Å². The number of nitrogens with zero attached hydrogens (tertiary/aromatic N) is 1. The highest BCUT2D eigenvalue weighted by atomic mass is 16.5. The van der Waals surface area contributed by atoms with Crippen LogP contribution in [0, 0.1) is 11.3 Å². The molecule has 0 fully saturated rings. The number of benzene rings is 4. The summed E-state index contributed by atoms with van der Waals surface area (Å²) in [6, 6.07) is 25.9. The third-order valence-electron chi connectivity index (χ3n) is 6.23. The van der Waals surface area contributed by atoms with E-state index in [0.717, 1.165) is 21.9 Å². The van der Waals surface area contributed by atoms with E-state index in [1.165, 1.54) is 25.3 Å². The van der Waals surface area contributed by atoms with E-state index in [1.54, 1.807) is 31.4 Å². The van der Waals surface area contributed by atoms with Gasteiger partial charge in [-0.3, -0.25) is 4.79 Å². The number of rotatable bonds is 10. The van der Waals surface area contributed by atoms with Crippen LogP contribution in [-0.4, -0.2) is 26.1 Å². The summed E-state index contributed by atoms with van der Waals surface area (Å²) >= 11 is 0. The van der Waals surface area contributed by atoms with Gasteiger partial charge in [-0.05, 0) is 70.8 Å². The van der Waals surface area contributed by atoms with Crippen LogP contribution in [0.15, 0.2) is 97.1 Å². The van der Waals surface area contributed by atoms with Gasteiger partial charge < -0.3 is 19.5 Å². The minimum Gasteiger partial charge on any atom is -0.493 e. The highest BCUT2D eigenvalue weighted by molar-refractivity contribution is 6.09. The number of hydrogen-bond donors (Lipinski definition) is 1. The molecule has 1 N–H and O–H groups in total. The number of anilines is 1. The van der Waals surface area contributed by atoms with Crippen molar-refractivity contribution in [3.8, 4) is 17.6 Å². The van der Waals surface area contributed by atoms with Gasteiger partial charge in [0.1, 0.15) is 18.2 Å². The number of methoxy groups -OCH3 is 2. The number of esters is 1. The first-order valence-electron chi connectivity index (χ1n) is 12.5. The molecule has 0 spiro atoms. The summed E-state index contributed by atoms with van der Waals surface area (Å²) in [5.74, 6) is -0.0266.